The predicted octanol–water partition coefficient (Wildman–Crippen LogP) is 2.12. The normalized spacial score (nSPS) is 10.3. The number of ether oxygens (including phenoxy) is 1. The molecular formula is C21H21N5O4. The molecule has 3 aromatic rings. The van der Waals surface area contributed by atoms with Crippen LogP contribution in [0, 0.1) is 6.92 Å². The van der Waals surface area contributed by atoms with E-state index in [4.69, 9.17) is 4.74 Å². The summed E-state index contributed by atoms with van der Waals surface area (Å²) in [5.41, 5.74) is 2.24. The first kappa shape index (κ1) is 20.7. The van der Waals surface area contributed by atoms with Crippen molar-refractivity contribution >= 4 is 23.5 Å². The number of aromatic nitrogens is 3. The minimum atomic E-state index is -0.516. The molecule has 3 rings (SSSR count). The Labute approximate surface area is 173 Å². The Morgan fingerprint density at radius 2 is 1.87 bits per heavy atom. The first-order chi connectivity index (χ1) is 14.5. The second-order valence-electron chi connectivity index (χ2n) is 6.28. The summed E-state index contributed by atoms with van der Waals surface area (Å²) < 4.78 is 6.64. The molecule has 154 valence electrons. The van der Waals surface area contributed by atoms with E-state index in [0.717, 1.165) is 5.69 Å². The van der Waals surface area contributed by atoms with E-state index in [-0.39, 0.29) is 24.8 Å². The molecule has 2 N–H and O–H groups in total. The van der Waals surface area contributed by atoms with Gasteiger partial charge in [-0.1, -0.05) is 0 Å². The van der Waals surface area contributed by atoms with Crippen LogP contribution in [0.1, 0.15) is 33.5 Å². The number of rotatable bonds is 7. The number of nitrogens with zero attached hydrogens (tertiary/aromatic N) is 3. The number of amides is 2. The minimum absolute atomic E-state index is 0.108. The van der Waals surface area contributed by atoms with Gasteiger partial charge in [0.25, 0.3) is 5.91 Å². The Kier molecular flexibility index (Phi) is 6.53. The van der Waals surface area contributed by atoms with E-state index in [9.17, 15) is 14.4 Å². The molecule has 0 fully saturated rings. The third-order valence-corrected chi connectivity index (χ3v) is 4.14. The molecule has 0 spiro atoms. The van der Waals surface area contributed by atoms with Crippen LogP contribution in [0.15, 0.2) is 54.9 Å². The van der Waals surface area contributed by atoms with Gasteiger partial charge in [0, 0.05) is 18.1 Å². The topological polar surface area (TPSA) is 115 Å². The monoisotopic (exact) mass is 407 g/mol. The average molecular weight is 407 g/mol. The van der Waals surface area contributed by atoms with Crippen LogP contribution in [-0.2, 0) is 9.53 Å². The summed E-state index contributed by atoms with van der Waals surface area (Å²) in [7, 11) is 0. The fourth-order valence-electron chi connectivity index (χ4n) is 2.69. The Morgan fingerprint density at radius 1 is 1.10 bits per heavy atom. The molecule has 9 heteroatoms. The van der Waals surface area contributed by atoms with Crippen LogP contribution >= 0.6 is 0 Å². The second-order valence-corrected chi connectivity index (χ2v) is 6.28. The molecule has 2 aromatic heterocycles. The van der Waals surface area contributed by atoms with Gasteiger partial charge < -0.3 is 15.4 Å². The van der Waals surface area contributed by atoms with E-state index in [2.05, 4.69) is 20.7 Å². The average Bonchev–Trinajstić information content (AvgIpc) is 3.27. The van der Waals surface area contributed by atoms with Crippen LogP contribution in [0.25, 0.3) is 5.69 Å². The molecule has 0 aliphatic heterocycles. The smallest absolute Gasteiger partial charge is 0.339 e. The molecule has 0 saturated heterocycles. The summed E-state index contributed by atoms with van der Waals surface area (Å²) in [6, 6.07) is 11.8. The summed E-state index contributed by atoms with van der Waals surface area (Å²) in [5.74, 6) is -1.39. The zero-order valence-corrected chi connectivity index (χ0v) is 16.6. The van der Waals surface area contributed by atoms with Crippen LogP contribution in [0.2, 0.25) is 0 Å². The van der Waals surface area contributed by atoms with Crippen molar-refractivity contribution < 1.29 is 19.1 Å². The first-order valence-electron chi connectivity index (χ1n) is 9.31. The molecule has 2 amide bonds. The minimum Gasteiger partial charge on any atom is -0.462 e. The van der Waals surface area contributed by atoms with E-state index in [1.54, 1.807) is 36.9 Å². The van der Waals surface area contributed by atoms with E-state index >= 15 is 0 Å². The first-order valence-corrected chi connectivity index (χ1v) is 9.31. The van der Waals surface area contributed by atoms with Crippen LogP contribution in [0.5, 0.6) is 0 Å². The number of hydrogen-bond donors (Lipinski definition) is 2. The molecular weight excluding hydrogens is 386 g/mol. The molecule has 0 aliphatic rings. The van der Waals surface area contributed by atoms with Crippen molar-refractivity contribution in [3.8, 4) is 5.69 Å². The maximum absolute atomic E-state index is 12.3. The lowest BCUT2D eigenvalue weighted by atomic mass is 10.2. The van der Waals surface area contributed by atoms with Gasteiger partial charge in [0.2, 0.25) is 5.91 Å². The Bertz CT molecular complexity index is 1050. The number of esters is 1. The van der Waals surface area contributed by atoms with Crippen LogP contribution in [0.3, 0.4) is 0 Å². The van der Waals surface area contributed by atoms with Crippen LogP contribution in [-0.4, -0.2) is 45.7 Å². The van der Waals surface area contributed by atoms with E-state index in [1.807, 2.05) is 24.4 Å². The van der Waals surface area contributed by atoms with Crippen molar-refractivity contribution in [1.82, 2.24) is 20.1 Å². The van der Waals surface area contributed by atoms with Gasteiger partial charge in [-0.2, -0.15) is 5.10 Å². The highest BCUT2D eigenvalue weighted by molar-refractivity contribution is 5.99. The van der Waals surface area contributed by atoms with Crippen molar-refractivity contribution in [2.75, 3.05) is 18.5 Å². The lowest BCUT2D eigenvalue weighted by Gasteiger charge is -2.09. The fourth-order valence-corrected chi connectivity index (χ4v) is 2.69. The molecule has 9 nitrogen and oxygen atoms in total. The molecule has 0 bridgehead atoms. The number of pyridine rings is 1. The second kappa shape index (κ2) is 9.46. The zero-order valence-electron chi connectivity index (χ0n) is 16.6. The molecule has 0 saturated carbocycles. The SMILES string of the molecule is CCOC(=O)c1ccc(C(=O)NCC(=O)Nc2ccc(-n3cccn3)cc2)nc1C. The van der Waals surface area contributed by atoms with E-state index in [1.165, 1.54) is 12.1 Å². The van der Waals surface area contributed by atoms with Gasteiger partial charge in [-0.15, -0.1) is 0 Å². The molecule has 30 heavy (non-hydrogen) atoms. The number of nitrogens with one attached hydrogen (secondary N) is 2. The number of carbonyl (C=O) groups excluding carboxylic acids is 3. The van der Waals surface area contributed by atoms with Crippen molar-refractivity contribution in [2.45, 2.75) is 13.8 Å². The van der Waals surface area contributed by atoms with Gasteiger partial charge in [-0.3, -0.25) is 9.59 Å². The third kappa shape index (κ3) is 5.07. The quantitative estimate of drug-likeness (QED) is 0.580. The van der Waals surface area contributed by atoms with E-state index < -0.39 is 11.9 Å². The molecule has 2 heterocycles. The zero-order chi connectivity index (χ0) is 21.5. The standard InChI is InChI=1S/C21H21N5O4/c1-3-30-21(29)17-9-10-18(24-14(17)2)20(28)22-13-19(27)25-15-5-7-16(8-6-15)26-12-4-11-23-26/h4-12H,3,13H2,1-2H3,(H,22,28)(H,25,27). The molecule has 1 aromatic carbocycles. The highest BCUT2D eigenvalue weighted by Crippen LogP contribution is 2.12. The van der Waals surface area contributed by atoms with Crippen molar-refractivity contribution in [3.63, 3.8) is 0 Å². The van der Waals surface area contributed by atoms with Gasteiger partial charge in [0.1, 0.15) is 5.69 Å². The molecule has 0 aliphatic carbocycles. The number of carbonyl (C=O) groups is 3. The lowest BCUT2D eigenvalue weighted by molar-refractivity contribution is -0.115. The number of benzene rings is 1. The fraction of sp³-hybridized carbons (Fsp3) is 0.190. The lowest BCUT2D eigenvalue weighted by Crippen LogP contribution is -2.33. The van der Waals surface area contributed by atoms with Crippen molar-refractivity contribution in [3.05, 3.63) is 71.8 Å². The Morgan fingerprint density at radius 3 is 2.50 bits per heavy atom. The largest absolute Gasteiger partial charge is 0.462 e. The number of aryl methyl sites for hydroxylation is 1. The summed E-state index contributed by atoms with van der Waals surface area (Å²) in [4.78, 5) is 40.3. The van der Waals surface area contributed by atoms with Gasteiger partial charge in [0.05, 0.1) is 30.1 Å². The Balaban J connectivity index is 1.53. The third-order valence-electron chi connectivity index (χ3n) is 4.14. The van der Waals surface area contributed by atoms with E-state index in [0.29, 0.717) is 16.9 Å². The van der Waals surface area contributed by atoms with Gasteiger partial charge in [-0.05, 0) is 56.3 Å². The highest BCUT2D eigenvalue weighted by atomic mass is 16.5. The van der Waals surface area contributed by atoms with Crippen molar-refractivity contribution in [2.24, 2.45) is 0 Å². The van der Waals surface area contributed by atoms with Crippen LogP contribution < -0.4 is 10.6 Å². The van der Waals surface area contributed by atoms with Gasteiger partial charge >= 0.3 is 5.97 Å². The maximum Gasteiger partial charge on any atom is 0.339 e. The maximum atomic E-state index is 12.3. The Hall–Kier alpha value is -4.01. The highest BCUT2D eigenvalue weighted by Gasteiger charge is 2.15. The summed E-state index contributed by atoms with van der Waals surface area (Å²) in [6.45, 7) is 3.35. The summed E-state index contributed by atoms with van der Waals surface area (Å²) >= 11 is 0. The number of hydrogen-bond acceptors (Lipinski definition) is 6. The molecule has 0 unspecified atom stereocenters. The van der Waals surface area contributed by atoms with Gasteiger partial charge in [-0.25, -0.2) is 14.5 Å². The van der Waals surface area contributed by atoms with Crippen LogP contribution in [0.4, 0.5) is 5.69 Å². The predicted molar refractivity (Wildman–Crippen MR) is 109 cm³/mol. The summed E-state index contributed by atoms with van der Waals surface area (Å²) in [6.07, 6.45) is 3.50. The molecule has 0 radical (unpaired) electrons. The summed E-state index contributed by atoms with van der Waals surface area (Å²) in [5, 5.41) is 9.35. The number of anilines is 1. The van der Waals surface area contributed by atoms with Gasteiger partial charge in [0.15, 0.2) is 0 Å². The molecule has 0 atom stereocenters. The van der Waals surface area contributed by atoms with Crippen molar-refractivity contribution in [1.29, 1.82) is 0 Å².